The predicted molar refractivity (Wildman–Crippen MR) is 76.0 cm³/mol. The van der Waals surface area contributed by atoms with E-state index in [9.17, 15) is 9.18 Å². The Kier molecular flexibility index (Phi) is 3.17. The third kappa shape index (κ3) is 2.52. The first kappa shape index (κ1) is 12.4. The molecule has 1 heterocycles. The highest BCUT2D eigenvalue weighted by Crippen LogP contribution is 2.19. The number of hydrogen-bond donors (Lipinski definition) is 0. The van der Waals surface area contributed by atoms with Crippen LogP contribution in [0.1, 0.15) is 16.1 Å². The van der Waals surface area contributed by atoms with Crippen LogP contribution in [-0.2, 0) is 0 Å². The smallest absolute Gasteiger partial charge is 0.221 e. The normalized spacial score (nSPS) is 11.2. The molecule has 20 heavy (non-hydrogen) atoms. The standard InChI is InChI=1S/C17H11FO2/c18-14-6-3-4-12(10-14)8-9-15(19)17-11-13-5-1-2-7-16(13)20-17/h1-11H/b9-8+. The van der Waals surface area contributed by atoms with Crippen molar-refractivity contribution >= 4 is 22.8 Å². The number of hydrogen-bond acceptors (Lipinski definition) is 2. The fourth-order valence-electron chi connectivity index (χ4n) is 1.97. The fourth-order valence-corrected chi connectivity index (χ4v) is 1.97. The second kappa shape index (κ2) is 5.13. The van der Waals surface area contributed by atoms with E-state index in [-0.39, 0.29) is 17.4 Å². The minimum atomic E-state index is -0.330. The highest BCUT2D eigenvalue weighted by molar-refractivity contribution is 6.06. The summed E-state index contributed by atoms with van der Waals surface area (Å²) in [7, 11) is 0. The molecule has 0 bridgehead atoms. The summed E-state index contributed by atoms with van der Waals surface area (Å²) in [6.45, 7) is 0. The molecule has 0 radical (unpaired) electrons. The van der Waals surface area contributed by atoms with E-state index in [0.717, 1.165) is 5.39 Å². The molecule has 0 saturated heterocycles. The molecule has 2 nitrogen and oxygen atoms in total. The van der Waals surface area contributed by atoms with Crippen molar-refractivity contribution in [2.75, 3.05) is 0 Å². The van der Waals surface area contributed by atoms with Crippen molar-refractivity contribution in [3.63, 3.8) is 0 Å². The molecule has 0 aliphatic carbocycles. The number of carbonyl (C=O) groups is 1. The molecule has 0 saturated carbocycles. The summed E-state index contributed by atoms with van der Waals surface area (Å²) in [5.74, 6) is -0.298. The molecule has 0 unspecified atom stereocenters. The zero-order valence-corrected chi connectivity index (χ0v) is 10.5. The Labute approximate surface area is 115 Å². The van der Waals surface area contributed by atoms with Crippen molar-refractivity contribution in [3.05, 3.63) is 77.8 Å². The molecule has 98 valence electrons. The maximum atomic E-state index is 13.0. The van der Waals surface area contributed by atoms with Crippen LogP contribution in [0.3, 0.4) is 0 Å². The Hall–Kier alpha value is -2.68. The summed E-state index contributed by atoms with van der Waals surface area (Å²) in [6.07, 6.45) is 2.95. The molecule has 3 rings (SSSR count). The highest BCUT2D eigenvalue weighted by Gasteiger charge is 2.08. The van der Waals surface area contributed by atoms with Crippen molar-refractivity contribution in [3.8, 4) is 0 Å². The number of allylic oxidation sites excluding steroid dienone is 1. The summed E-state index contributed by atoms with van der Waals surface area (Å²) >= 11 is 0. The van der Waals surface area contributed by atoms with E-state index < -0.39 is 0 Å². The van der Waals surface area contributed by atoms with Crippen LogP contribution in [0.15, 0.2) is 65.1 Å². The number of rotatable bonds is 3. The first-order valence-electron chi connectivity index (χ1n) is 6.19. The quantitative estimate of drug-likeness (QED) is 0.517. The summed E-state index contributed by atoms with van der Waals surface area (Å²) in [5.41, 5.74) is 1.31. The maximum absolute atomic E-state index is 13.0. The van der Waals surface area contributed by atoms with Crippen LogP contribution in [0.2, 0.25) is 0 Å². The van der Waals surface area contributed by atoms with Gasteiger partial charge in [0.15, 0.2) is 5.76 Å². The topological polar surface area (TPSA) is 30.2 Å². The Morgan fingerprint density at radius 3 is 2.70 bits per heavy atom. The monoisotopic (exact) mass is 266 g/mol. The lowest BCUT2D eigenvalue weighted by atomic mass is 10.1. The number of fused-ring (bicyclic) bond motifs is 1. The molecule has 0 aliphatic heterocycles. The van der Waals surface area contributed by atoms with Gasteiger partial charge in [-0.25, -0.2) is 4.39 Å². The minimum Gasteiger partial charge on any atom is -0.453 e. The van der Waals surface area contributed by atoms with Crippen LogP contribution in [0.4, 0.5) is 4.39 Å². The minimum absolute atomic E-state index is 0.245. The van der Waals surface area contributed by atoms with Crippen LogP contribution in [0.5, 0.6) is 0 Å². The van der Waals surface area contributed by atoms with Crippen LogP contribution in [0.25, 0.3) is 17.0 Å². The molecule has 0 amide bonds. The lowest BCUT2D eigenvalue weighted by Crippen LogP contribution is -1.90. The fraction of sp³-hybridized carbons (Fsp3) is 0. The average Bonchev–Trinajstić information content (AvgIpc) is 2.89. The molecular formula is C17H11FO2. The molecule has 1 aromatic heterocycles. The Balaban J connectivity index is 1.85. The maximum Gasteiger partial charge on any atom is 0.221 e. The molecule has 0 spiro atoms. The molecule has 0 fully saturated rings. The van der Waals surface area contributed by atoms with Gasteiger partial charge >= 0.3 is 0 Å². The van der Waals surface area contributed by atoms with Gasteiger partial charge in [-0.3, -0.25) is 4.79 Å². The van der Waals surface area contributed by atoms with Crippen molar-refractivity contribution in [1.82, 2.24) is 0 Å². The van der Waals surface area contributed by atoms with Gasteiger partial charge in [0, 0.05) is 5.39 Å². The van der Waals surface area contributed by atoms with Gasteiger partial charge in [0.1, 0.15) is 11.4 Å². The van der Waals surface area contributed by atoms with Gasteiger partial charge in [-0.2, -0.15) is 0 Å². The molecule has 0 aliphatic rings. The Morgan fingerprint density at radius 2 is 1.90 bits per heavy atom. The zero-order chi connectivity index (χ0) is 13.9. The lowest BCUT2D eigenvalue weighted by molar-refractivity contribution is 0.102. The van der Waals surface area contributed by atoms with E-state index in [0.29, 0.717) is 11.1 Å². The molecule has 0 atom stereocenters. The van der Waals surface area contributed by atoms with Gasteiger partial charge in [-0.15, -0.1) is 0 Å². The number of benzene rings is 2. The molecule has 3 aromatic rings. The number of ketones is 1. The third-order valence-electron chi connectivity index (χ3n) is 2.94. The van der Waals surface area contributed by atoms with E-state index >= 15 is 0 Å². The number of furan rings is 1. The van der Waals surface area contributed by atoms with Crippen LogP contribution in [-0.4, -0.2) is 5.78 Å². The first-order valence-corrected chi connectivity index (χ1v) is 6.19. The summed E-state index contributed by atoms with van der Waals surface area (Å²) in [6, 6.07) is 15.2. The van der Waals surface area contributed by atoms with Crippen LogP contribution < -0.4 is 0 Å². The van der Waals surface area contributed by atoms with Crippen molar-refractivity contribution in [2.24, 2.45) is 0 Å². The van der Waals surface area contributed by atoms with Gasteiger partial charge in [-0.1, -0.05) is 36.4 Å². The van der Waals surface area contributed by atoms with Gasteiger partial charge in [0.2, 0.25) is 5.78 Å². The van der Waals surface area contributed by atoms with E-state index in [1.807, 2.05) is 24.3 Å². The van der Waals surface area contributed by atoms with Crippen LogP contribution in [0, 0.1) is 5.82 Å². The second-order valence-corrected chi connectivity index (χ2v) is 4.40. The van der Waals surface area contributed by atoms with Gasteiger partial charge in [0.05, 0.1) is 0 Å². The number of para-hydroxylation sites is 1. The average molecular weight is 266 g/mol. The van der Waals surface area contributed by atoms with Crippen molar-refractivity contribution in [1.29, 1.82) is 0 Å². The van der Waals surface area contributed by atoms with E-state index in [1.165, 1.54) is 18.2 Å². The first-order chi connectivity index (χ1) is 9.72. The Morgan fingerprint density at radius 1 is 1.05 bits per heavy atom. The summed E-state index contributed by atoms with van der Waals surface area (Å²) < 4.78 is 18.5. The highest BCUT2D eigenvalue weighted by atomic mass is 19.1. The lowest BCUT2D eigenvalue weighted by Gasteiger charge is -1.92. The Bertz CT molecular complexity index is 766. The van der Waals surface area contributed by atoms with Gasteiger partial charge in [0.25, 0.3) is 0 Å². The van der Waals surface area contributed by atoms with E-state index in [1.54, 1.807) is 24.3 Å². The molecule has 3 heteroatoms. The van der Waals surface area contributed by atoms with Crippen molar-refractivity contribution < 1.29 is 13.6 Å². The SMILES string of the molecule is O=C(/C=C/c1cccc(F)c1)c1cc2ccccc2o1. The van der Waals surface area contributed by atoms with Gasteiger partial charge < -0.3 is 4.42 Å². The molecular weight excluding hydrogens is 255 g/mol. The van der Waals surface area contributed by atoms with E-state index in [4.69, 9.17) is 4.42 Å². The number of halogens is 1. The zero-order valence-electron chi connectivity index (χ0n) is 10.5. The predicted octanol–water partition coefficient (Wildman–Crippen LogP) is 4.47. The second-order valence-electron chi connectivity index (χ2n) is 4.40. The molecule has 2 aromatic carbocycles. The molecule has 0 N–H and O–H groups in total. The third-order valence-corrected chi connectivity index (χ3v) is 2.94. The summed E-state index contributed by atoms with van der Waals surface area (Å²) in [5, 5.41) is 0.884. The van der Waals surface area contributed by atoms with Gasteiger partial charge in [-0.05, 0) is 35.9 Å². The largest absolute Gasteiger partial charge is 0.453 e. The van der Waals surface area contributed by atoms with Crippen molar-refractivity contribution in [2.45, 2.75) is 0 Å². The summed E-state index contributed by atoms with van der Waals surface area (Å²) in [4.78, 5) is 12.0. The van der Waals surface area contributed by atoms with E-state index in [2.05, 4.69) is 0 Å². The number of carbonyl (C=O) groups excluding carboxylic acids is 1. The van der Waals surface area contributed by atoms with Crippen LogP contribution >= 0.6 is 0 Å².